The summed E-state index contributed by atoms with van der Waals surface area (Å²) >= 11 is 0. The van der Waals surface area contributed by atoms with E-state index in [0.717, 1.165) is 16.7 Å². The van der Waals surface area contributed by atoms with Gasteiger partial charge in [-0.1, -0.05) is 61.5 Å². The molecule has 0 aliphatic heterocycles. The maximum atomic E-state index is 12.2. The van der Waals surface area contributed by atoms with Gasteiger partial charge in [-0.15, -0.1) is 0 Å². The van der Waals surface area contributed by atoms with Crippen LogP contribution in [0.5, 0.6) is 0 Å². The summed E-state index contributed by atoms with van der Waals surface area (Å²) < 4.78 is 5.31. The maximum absolute atomic E-state index is 12.2. The van der Waals surface area contributed by atoms with E-state index in [1.54, 1.807) is 20.8 Å². The lowest BCUT2D eigenvalue weighted by atomic mass is 9.86. The van der Waals surface area contributed by atoms with Crippen molar-refractivity contribution < 1.29 is 19.4 Å². The summed E-state index contributed by atoms with van der Waals surface area (Å²) in [6.07, 6.45) is -0.0746. The fraction of sp³-hybridized carbons (Fsp3) is 0.391. The van der Waals surface area contributed by atoms with E-state index in [1.807, 2.05) is 61.5 Å². The lowest BCUT2D eigenvalue weighted by Crippen LogP contribution is -2.43. The summed E-state index contributed by atoms with van der Waals surface area (Å²) in [4.78, 5) is 23.6. The monoisotopic (exact) mass is 383 g/mol. The van der Waals surface area contributed by atoms with E-state index in [4.69, 9.17) is 4.74 Å². The molecule has 5 nitrogen and oxygen atoms in total. The van der Waals surface area contributed by atoms with Gasteiger partial charge in [0.2, 0.25) is 0 Å². The van der Waals surface area contributed by atoms with Gasteiger partial charge in [-0.05, 0) is 43.9 Å². The van der Waals surface area contributed by atoms with Gasteiger partial charge in [-0.25, -0.2) is 4.79 Å². The first-order chi connectivity index (χ1) is 13.2. The molecule has 0 aliphatic rings. The number of carbonyl (C=O) groups excluding carboxylic acids is 1. The number of carbonyl (C=O) groups is 2. The molecule has 28 heavy (non-hydrogen) atoms. The van der Waals surface area contributed by atoms with Crippen molar-refractivity contribution in [1.82, 2.24) is 5.32 Å². The van der Waals surface area contributed by atoms with Crippen LogP contribution in [0.1, 0.15) is 52.0 Å². The summed E-state index contributed by atoms with van der Waals surface area (Å²) in [5.74, 6) is -1.09. The number of rotatable bonds is 7. The van der Waals surface area contributed by atoms with Crippen molar-refractivity contribution in [2.24, 2.45) is 0 Å². The molecular weight excluding hydrogens is 354 g/mol. The van der Waals surface area contributed by atoms with Crippen LogP contribution < -0.4 is 5.32 Å². The third-order valence-corrected chi connectivity index (χ3v) is 4.47. The van der Waals surface area contributed by atoms with Crippen LogP contribution in [0.2, 0.25) is 0 Å². The van der Waals surface area contributed by atoms with Crippen molar-refractivity contribution >= 4 is 12.1 Å². The summed E-state index contributed by atoms with van der Waals surface area (Å²) in [5.41, 5.74) is 2.56. The number of alkyl carbamates (subject to hydrolysis) is 1. The molecule has 2 N–H and O–H groups in total. The summed E-state index contributed by atoms with van der Waals surface area (Å²) in [6.45, 7) is 7.32. The molecule has 2 rings (SSSR count). The molecule has 0 aliphatic carbocycles. The average Bonchev–Trinajstić information content (AvgIpc) is 2.61. The third kappa shape index (κ3) is 6.41. The molecule has 0 fully saturated rings. The molecule has 5 heteroatoms. The van der Waals surface area contributed by atoms with Gasteiger partial charge >= 0.3 is 12.1 Å². The topological polar surface area (TPSA) is 75.6 Å². The van der Waals surface area contributed by atoms with Gasteiger partial charge in [-0.2, -0.15) is 0 Å². The van der Waals surface area contributed by atoms with E-state index < -0.39 is 23.7 Å². The normalized spacial score (nSPS) is 13.4. The zero-order valence-electron chi connectivity index (χ0n) is 16.9. The van der Waals surface area contributed by atoms with Gasteiger partial charge in [0.1, 0.15) is 5.60 Å². The number of benzene rings is 2. The quantitative estimate of drug-likeness (QED) is 0.688. The Hall–Kier alpha value is -2.82. The van der Waals surface area contributed by atoms with Crippen LogP contribution in [0.3, 0.4) is 0 Å². The highest BCUT2D eigenvalue weighted by atomic mass is 16.6. The molecule has 0 saturated heterocycles. The Balaban J connectivity index is 2.22. The Bertz CT molecular complexity index is 778. The largest absolute Gasteiger partial charge is 0.481 e. The molecule has 1 amide bonds. The Labute approximate surface area is 166 Å². The smallest absolute Gasteiger partial charge is 0.407 e. The number of amides is 1. The number of hydrogen-bond acceptors (Lipinski definition) is 3. The zero-order chi connectivity index (χ0) is 20.7. The number of nitrogens with one attached hydrogen (secondary N) is 1. The van der Waals surface area contributed by atoms with Crippen molar-refractivity contribution in [2.45, 2.75) is 58.1 Å². The highest BCUT2D eigenvalue weighted by Gasteiger charge is 2.28. The SMILES string of the molecule is CCC(c1ccc(-c2ccccc2)cc1)C(CC(=O)O)NC(=O)OC(C)(C)C. The molecule has 150 valence electrons. The summed E-state index contributed by atoms with van der Waals surface area (Å²) in [6, 6.07) is 17.6. The third-order valence-electron chi connectivity index (χ3n) is 4.47. The predicted molar refractivity (Wildman–Crippen MR) is 110 cm³/mol. The Kier molecular flexibility index (Phi) is 7.21. The Morgan fingerprint density at radius 3 is 2.07 bits per heavy atom. The molecule has 2 unspecified atom stereocenters. The molecule has 0 radical (unpaired) electrons. The van der Waals surface area contributed by atoms with Gasteiger partial charge < -0.3 is 15.2 Å². The number of carboxylic acid groups (broad SMARTS) is 1. The van der Waals surface area contributed by atoms with Crippen molar-refractivity contribution in [1.29, 1.82) is 0 Å². The van der Waals surface area contributed by atoms with E-state index in [-0.39, 0.29) is 12.3 Å². The predicted octanol–water partition coefficient (Wildman–Crippen LogP) is 5.22. The van der Waals surface area contributed by atoms with Crippen molar-refractivity contribution in [3.63, 3.8) is 0 Å². The van der Waals surface area contributed by atoms with Crippen LogP contribution in [0.15, 0.2) is 54.6 Å². The lowest BCUT2D eigenvalue weighted by molar-refractivity contribution is -0.137. The molecule has 0 heterocycles. The first-order valence-electron chi connectivity index (χ1n) is 9.56. The number of carboxylic acids is 1. The molecule has 2 aromatic carbocycles. The van der Waals surface area contributed by atoms with Crippen molar-refractivity contribution in [3.05, 3.63) is 60.2 Å². The van der Waals surface area contributed by atoms with Crippen LogP contribution in [0, 0.1) is 0 Å². The minimum Gasteiger partial charge on any atom is -0.481 e. The van der Waals surface area contributed by atoms with Crippen molar-refractivity contribution in [3.8, 4) is 11.1 Å². The van der Waals surface area contributed by atoms with Gasteiger partial charge in [0.05, 0.1) is 6.42 Å². The minimum atomic E-state index is -0.958. The molecule has 0 bridgehead atoms. The summed E-state index contributed by atoms with van der Waals surface area (Å²) in [7, 11) is 0. The second-order valence-electron chi connectivity index (χ2n) is 7.85. The van der Waals surface area contributed by atoms with Crippen LogP contribution >= 0.6 is 0 Å². The first-order valence-corrected chi connectivity index (χ1v) is 9.56. The van der Waals surface area contributed by atoms with E-state index in [9.17, 15) is 14.7 Å². The van der Waals surface area contributed by atoms with Gasteiger partial charge in [0, 0.05) is 12.0 Å². The van der Waals surface area contributed by atoms with Crippen LogP contribution in [-0.2, 0) is 9.53 Å². The van der Waals surface area contributed by atoms with Crippen molar-refractivity contribution in [2.75, 3.05) is 0 Å². The maximum Gasteiger partial charge on any atom is 0.407 e. The number of aliphatic carboxylic acids is 1. The van der Waals surface area contributed by atoms with Gasteiger partial charge in [-0.3, -0.25) is 4.79 Å². The van der Waals surface area contributed by atoms with Crippen LogP contribution in [0.4, 0.5) is 4.79 Å². The second-order valence-corrected chi connectivity index (χ2v) is 7.85. The first kappa shape index (κ1) is 21.5. The lowest BCUT2D eigenvalue weighted by Gasteiger charge is -2.28. The van der Waals surface area contributed by atoms with Gasteiger partial charge in [0.15, 0.2) is 0 Å². The number of ether oxygens (including phenoxy) is 1. The van der Waals surface area contributed by atoms with E-state index >= 15 is 0 Å². The molecule has 0 saturated carbocycles. The van der Waals surface area contributed by atoms with E-state index in [2.05, 4.69) is 5.32 Å². The highest BCUT2D eigenvalue weighted by Crippen LogP contribution is 2.28. The molecule has 2 atom stereocenters. The molecule has 2 aromatic rings. The van der Waals surface area contributed by atoms with Gasteiger partial charge in [0.25, 0.3) is 0 Å². The Morgan fingerprint density at radius 1 is 1.00 bits per heavy atom. The molecular formula is C23H29NO4. The standard InChI is InChI=1S/C23H29NO4/c1-5-19(20(15-21(25)26)24-22(27)28-23(2,3)4)18-13-11-17(12-14-18)16-9-7-6-8-10-16/h6-14,19-20H,5,15H2,1-4H3,(H,24,27)(H,25,26). The number of hydrogen-bond donors (Lipinski definition) is 2. The highest BCUT2D eigenvalue weighted by molar-refractivity contribution is 5.72. The molecule has 0 spiro atoms. The zero-order valence-corrected chi connectivity index (χ0v) is 16.9. The Morgan fingerprint density at radius 2 is 1.57 bits per heavy atom. The summed E-state index contributed by atoms with van der Waals surface area (Å²) in [5, 5.41) is 12.1. The van der Waals surface area contributed by atoms with E-state index in [0.29, 0.717) is 6.42 Å². The average molecular weight is 383 g/mol. The second kappa shape index (κ2) is 9.40. The van der Waals surface area contributed by atoms with E-state index in [1.165, 1.54) is 0 Å². The van der Waals surface area contributed by atoms with Crippen LogP contribution in [0.25, 0.3) is 11.1 Å². The fourth-order valence-corrected chi connectivity index (χ4v) is 3.25. The molecule has 0 aromatic heterocycles. The van der Waals surface area contributed by atoms with Crippen LogP contribution in [-0.4, -0.2) is 28.8 Å². The fourth-order valence-electron chi connectivity index (χ4n) is 3.25. The minimum absolute atomic E-state index is 0.131.